The van der Waals surface area contributed by atoms with Gasteiger partial charge in [0.25, 0.3) is 0 Å². The molecule has 0 saturated carbocycles. The Bertz CT molecular complexity index is 523. The molecule has 0 radical (unpaired) electrons. The molecule has 0 saturated heterocycles. The molecule has 0 aromatic carbocycles. The molecule has 19 heavy (non-hydrogen) atoms. The maximum atomic E-state index is 5.98. The Kier molecular flexibility index (Phi) is 4.83. The van der Waals surface area contributed by atoms with E-state index < -0.39 is 0 Å². The van der Waals surface area contributed by atoms with Gasteiger partial charge in [-0.1, -0.05) is 13.8 Å². The molecule has 0 fully saturated rings. The summed E-state index contributed by atoms with van der Waals surface area (Å²) in [5.74, 6) is 1.94. The van der Waals surface area contributed by atoms with E-state index in [1.165, 1.54) is 5.56 Å². The number of anilines is 1. The van der Waals surface area contributed by atoms with Gasteiger partial charge in [-0.25, -0.2) is 4.98 Å². The van der Waals surface area contributed by atoms with Gasteiger partial charge in [-0.15, -0.1) is 11.6 Å². The van der Waals surface area contributed by atoms with Crippen molar-refractivity contribution in [3.63, 3.8) is 0 Å². The van der Waals surface area contributed by atoms with Gasteiger partial charge < -0.3 is 4.90 Å². The van der Waals surface area contributed by atoms with E-state index in [1.807, 2.05) is 0 Å². The topological polar surface area (TPSA) is 16.1 Å². The van der Waals surface area contributed by atoms with Crippen LogP contribution in [-0.4, -0.2) is 12.0 Å². The van der Waals surface area contributed by atoms with Crippen LogP contribution in [0, 0.1) is 0 Å². The number of rotatable bonds is 5. The number of halogens is 1. The first-order chi connectivity index (χ1) is 9.10. The van der Waals surface area contributed by atoms with Gasteiger partial charge >= 0.3 is 0 Å². The lowest BCUT2D eigenvalue weighted by atomic mass is 10.1. The summed E-state index contributed by atoms with van der Waals surface area (Å²) in [6, 6.07) is 6.32. The molecule has 2 nitrogen and oxygen atoms in total. The van der Waals surface area contributed by atoms with Crippen molar-refractivity contribution < 1.29 is 0 Å². The van der Waals surface area contributed by atoms with Gasteiger partial charge in [0.15, 0.2) is 0 Å². The van der Waals surface area contributed by atoms with Gasteiger partial charge in [0.05, 0.1) is 0 Å². The van der Waals surface area contributed by atoms with Gasteiger partial charge in [0.2, 0.25) is 0 Å². The maximum absolute atomic E-state index is 5.98. The van der Waals surface area contributed by atoms with Crippen LogP contribution in [0.4, 0.5) is 5.82 Å². The summed E-state index contributed by atoms with van der Waals surface area (Å²) in [6.07, 6.45) is 0. The van der Waals surface area contributed by atoms with E-state index in [1.54, 1.807) is 11.3 Å². The van der Waals surface area contributed by atoms with Crippen LogP contribution in [-0.2, 0) is 12.4 Å². The molecule has 102 valence electrons. The van der Waals surface area contributed by atoms with Crippen molar-refractivity contribution in [1.82, 2.24) is 4.98 Å². The summed E-state index contributed by atoms with van der Waals surface area (Å²) in [5.41, 5.74) is 3.55. The van der Waals surface area contributed by atoms with Crippen LogP contribution in [0.2, 0.25) is 0 Å². The van der Waals surface area contributed by atoms with Crippen LogP contribution in [0.15, 0.2) is 29.0 Å². The number of hydrogen-bond donors (Lipinski definition) is 0. The number of nitrogens with zero attached hydrogens (tertiary/aromatic N) is 2. The number of aromatic nitrogens is 1. The molecule has 2 aromatic rings. The average molecular weight is 295 g/mol. The average Bonchev–Trinajstić information content (AvgIpc) is 2.90. The normalized spacial score (nSPS) is 11.0. The maximum Gasteiger partial charge on any atom is 0.129 e. The lowest BCUT2D eigenvalue weighted by Gasteiger charge is -2.20. The molecule has 0 N–H and O–H groups in total. The third kappa shape index (κ3) is 3.71. The lowest BCUT2D eigenvalue weighted by Crippen LogP contribution is -2.18. The van der Waals surface area contributed by atoms with Crippen LogP contribution in [0.5, 0.6) is 0 Å². The summed E-state index contributed by atoms with van der Waals surface area (Å²) in [7, 11) is 2.07. The third-order valence-electron chi connectivity index (χ3n) is 3.03. The highest BCUT2D eigenvalue weighted by atomic mass is 35.5. The zero-order chi connectivity index (χ0) is 13.8. The van der Waals surface area contributed by atoms with Gasteiger partial charge in [-0.05, 0) is 46.0 Å². The largest absolute Gasteiger partial charge is 0.355 e. The van der Waals surface area contributed by atoms with Crippen molar-refractivity contribution >= 4 is 28.8 Å². The second kappa shape index (κ2) is 6.40. The molecule has 2 heterocycles. The van der Waals surface area contributed by atoms with E-state index >= 15 is 0 Å². The predicted octanol–water partition coefficient (Wildman–Crippen LogP) is 4.64. The highest BCUT2D eigenvalue weighted by molar-refractivity contribution is 7.07. The van der Waals surface area contributed by atoms with Gasteiger partial charge in [0, 0.05) is 25.2 Å². The Morgan fingerprint density at radius 2 is 2.11 bits per heavy atom. The van der Waals surface area contributed by atoms with Crippen LogP contribution in [0.3, 0.4) is 0 Å². The number of thiophene rings is 1. The van der Waals surface area contributed by atoms with Crippen molar-refractivity contribution in [2.75, 3.05) is 11.9 Å². The van der Waals surface area contributed by atoms with Gasteiger partial charge in [-0.3, -0.25) is 0 Å². The fraction of sp³-hybridized carbons (Fsp3) is 0.400. The molecule has 0 atom stereocenters. The monoisotopic (exact) mass is 294 g/mol. The molecule has 0 aliphatic rings. The standard InChI is InChI=1S/C15H19ClN2S/c1-11(2)14-6-13(8-16)7-15(17-14)18(3)9-12-4-5-19-10-12/h4-7,10-11H,8-9H2,1-3H3. The van der Waals surface area contributed by atoms with Crippen LogP contribution in [0.25, 0.3) is 0 Å². The molecular weight excluding hydrogens is 276 g/mol. The highest BCUT2D eigenvalue weighted by Crippen LogP contribution is 2.22. The van der Waals surface area contributed by atoms with Crippen molar-refractivity contribution in [3.8, 4) is 0 Å². The third-order valence-corrected chi connectivity index (χ3v) is 4.07. The first kappa shape index (κ1) is 14.4. The number of alkyl halides is 1. The van der Waals surface area contributed by atoms with Crippen molar-refractivity contribution in [2.45, 2.75) is 32.2 Å². The highest BCUT2D eigenvalue weighted by Gasteiger charge is 2.10. The first-order valence-corrected chi connectivity index (χ1v) is 7.87. The van der Waals surface area contributed by atoms with Crippen molar-refractivity contribution in [2.24, 2.45) is 0 Å². The molecule has 0 aliphatic carbocycles. The fourth-order valence-corrected chi connectivity index (χ4v) is 2.71. The SMILES string of the molecule is CC(C)c1cc(CCl)cc(N(C)Cc2ccsc2)n1. The van der Waals surface area contributed by atoms with E-state index in [4.69, 9.17) is 16.6 Å². The van der Waals surface area contributed by atoms with E-state index in [9.17, 15) is 0 Å². The second-order valence-corrected chi connectivity index (χ2v) is 6.08. The van der Waals surface area contributed by atoms with E-state index in [0.29, 0.717) is 11.8 Å². The molecule has 0 aliphatic heterocycles. The molecular formula is C15H19ClN2S. The van der Waals surface area contributed by atoms with Crippen LogP contribution < -0.4 is 4.90 Å². The summed E-state index contributed by atoms with van der Waals surface area (Å²) >= 11 is 7.70. The summed E-state index contributed by atoms with van der Waals surface area (Å²) in [6.45, 7) is 5.19. The Morgan fingerprint density at radius 1 is 1.32 bits per heavy atom. The molecule has 2 rings (SSSR count). The van der Waals surface area contributed by atoms with Crippen LogP contribution >= 0.6 is 22.9 Å². The summed E-state index contributed by atoms with van der Waals surface area (Å²) in [5, 5.41) is 4.27. The summed E-state index contributed by atoms with van der Waals surface area (Å²) in [4.78, 5) is 6.90. The minimum absolute atomic E-state index is 0.413. The lowest BCUT2D eigenvalue weighted by molar-refractivity contribution is 0.803. The molecule has 2 aromatic heterocycles. The van der Waals surface area contributed by atoms with Gasteiger partial charge in [0.1, 0.15) is 5.82 Å². The minimum atomic E-state index is 0.413. The zero-order valence-electron chi connectivity index (χ0n) is 11.6. The molecule has 0 bridgehead atoms. The van der Waals surface area contributed by atoms with E-state index in [-0.39, 0.29) is 0 Å². The fourth-order valence-electron chi connectivity index (χ4n) is 1.90. The Hall–Kier alpha value is -1.06. The number of pyridine rings is 1. The van der Waals surface area contributed by atoms with Crippen molar-refractivity contribution in [1.29, 1.82) is 0 Å². The summed E-state index contributed by atoms with van der Waals surface area (Å²) < 4.78 is 0. The first-order valence-electron chi connectivity index (χ1n) is 6.39. The Morgan fingerprint density at radius 3 is 2.68 bits per heavy atom. The molecule has 4 heteroatoms. The Labute approximate surface area is 124 Å². The second-order valence-electron chi connectivity index (χ2n) is 5.03. The number of hydrogen-bond acceptors (Lipinski definition) is 3. The molecule has 0 amide bonds. The molecule has 0 spiro atoms. The quantitative estimate of drug-likeness (QED) is 0.747. The Balaban J connectivity index is 2.24. The zero-order valence-corrected chi connectivity index (χ0v) is 13.1. The van der Waals surface area contributed by atoms with Crippen molar-refractivity contribution in [3.05, 3.63) is 45.8 Å². The smallest absolute Gasteiger partial charge is 0.129 e. The molecule has 0 unspecified atom stereocenters. The van der Waals surface area contributed by atoms with Gasteiger partial charge in [-0.2, -0.15) is 11.3 Å². The van der Waals surface area contributed by atoms with Crippen LogP contribution in [0.1, 0.15) is 36.6 Å². The van der Waals surface area contributed by atoms with E-state index in [2.05, 4.69) is 54.8 Å². The predicted molar refractivity (Wildman–Crippen MR) is 84.3 cm³/mol. The minimum Gasteiger partial charge on any atom is -0.355 e. The van der Waals surface area contributed by atoms with E-state index in [0.717, 1.165) is 23.6 Å².